The van der Waals surface area contributed by atoms with Crippen molar-refractivity contribution in [3.05, 3.63) is 0 Å². The minimum absolute atomic E-state index is 0.0911. The summed E-state index contributed by atoms with van der Waals surface area (Å²) in [7, 11) is 0. The normalized spacial score (nSPS) is 13.5. The lowest BCUT2D eigenvalue weighted by molar-refractivity contribution is 0.0860. The van der Waals surface area contributed by atoms with Crippen molar-refractivity contribution in [3.8, 4) is 0 Å². The van der Waals surface area contributed by atoms with Gasteiger partial charge in [-0.05, 0) is 6.42 Å². The summed E-state index contributed by atoms with van der Waals surface area (Å²) in [6, 6.07) is 0. The molecule has 62 valence electrons. The second-order valence-electron chi connectivity index (χ2n) is 2.69. The summed E-state index contributed by atoms with van der Waals surface area (Å²) in [5, 5.41) is 17.3. The van der Waals surface area contributed by atoms with Gasteiger partial charge >= 0.3 is 0 Å². The molecule has 2 N–H and O–H groups in total. The Morgan fingerprint density at radius 1 is 1.30 bits per heavy atom. The van der Waals surface area contributed by atoms with E-state index in [9.17, 15) is 0 Å². The molecule has 0 aromatic heterocycles. The van der Waals surface area contributed by atoms with Gasteiger partial charge in [-0.3, -0.25) is 0 Å². The summed E-state index contributed by atoms with van der Waals surface area (Å²) in [4.78, 5) is 0. The van der Waals surface area contributed by atoms with Gasteiger partial charge in [0.2, 0.25) is 0 Å². The van der Waals surface area contributed by atoms with E-state index in [1.807, 2.05) is 0 Å². The van der Waals surface area contributed by atoms with Gasteiger partial charge in [-0.15, -0.1) is 0 Å². The van der Waals surface area contributed by atoms with E-state index in [4.69, 9.17) is 10.2 Å². The lowest BCUT2D eigenvalue weighted by Crippen LogP contribution is -2.10. The van der Waals surface area contributed by atoms with E-state index in [2.05, 4.69) is 6.92 Å². The molecule has 1 unspecified atom stereocenters. The van der Waals surface area contributed by atoms with Gasteiger partial charge in [0.15, 0.2) is 0 Å². The highest BCUT2D eigenvalue weighted by Crippen LogP contribution is 2.04. The molecule has 0 aromatic carbocycles. The van der Waals surface area contributed by atoms with Crippen molar-refractivity contribution in [1.82, 2.24) is 0 Å². The number of aliphatic hydroxyl groups is 2. The zero-order chi connectivity index (χ0) is 7.82. The molecule has 2 nitrogen and oxygen atoms in total. The van der Waals surface area contributed by atoms with Crippen LogP contribution in [0.3, 0.4) is 0 Å². The van der Waals surface area contributed by atoms with Crippen LogP contribution >= 0.6 is 0 Å². The third-order valence-electron chi connectivity index (χ3n) is 1.60. The fraction of sp³-hybridized carbons (Fsp3) is 1.00. The van der Waals surface area contributed by atoms with Crippen molar-refractivity contribution in [2.75, 3.05) is 6.61 Å². The molecular weight excluding hydrogens is 130 g/mol. The maximum atomic E-state index is 8.91. The zero-order valence-corrected chi connectivity index (χ0v) is 6.71. The van der Waals surface area contributed by atoms with Crippen LogP contribution < -0.4 is 0 Å². The van der Waals surface area contributed by atoms with Crippen LogP contribution in [0, 0.1) is 0 Å². The van der Waals surface area contributed by atoms with Gasteiger partial charge in [0, 0.05) is 0 Å². The molecule has 0 rings (SSSR count). The summed E-state index contributed by atoms with van der Waals surface area (Å²) in [6.45, 7) is 2.06. The highest BCUT2D eigenvalue weighted by Gasteiger charge is 1.99. The molecule has 0 aromatic rings. The summed E-state index contributed by atoms with van der Waals surface area (Å²) < 4.78 is 0. The Kier molecular flexibility index (Phi) is 6.98. The number of hydrogen-bond donors (Lipinski definition) is 2. The van der Waals surface area contributed by atoms with E-state index in [1.165, 1.54) is 19.3 Å². The van der Waals surface area contributed by atoms with E-state index in [-0.39, 0.29) is 6.61 Å². The molecule has 0 aliphatic heterocycles. The van der Waals surface area contributed by atoms with E-state index < -0.39 is 6.10 Å². The van der Waals surface area contributed by atoms with Gasteiger partial charge < -0.3 is 10.2 Å². The first-order valence-electron chi connectivity index (χ1n) is 4.10. The molecule has 1 atom stereocenters. The zero-order valence-electron chi connectivity index (χ0n) is 6.71. The fourth-order valence-electron chi connectivity index (χ4n) is 0.898. The van der Waals surface area contributed by atoms with Gasteiger partial charge in [-0.1, -0.05) is 32.6 Å². The highest BCUT2D eigenvalue weighted by atomic mass is 18.2. The van der Waals surface area contributed by atoms with E-state index in [1.54, 1.807) is 0 Å². The SMILES string of the molecule is CCCCCCC(O)C[18OH]. The third-order valence-corrected chi connectivity index (χ3v) is 1.60. The molecule has 0 fully saturated rings. The lowest BCUT2D eigenvalue weighted by Gasteiger charge is -2.04. The second kappa shape index (κ2) is 7.03. The first-order valence-corrected chi connectivity index (χ1v) is 4.10. The number of hydrogen-bond acceptors (Lipinski definition) is 2. The van der Waals surface area contributed by atoms with Crippen LogP contribution in [0.4, 0.5) is 0 Å². The topological polar surface area (TPSA) is 40.5 Å². The van der Waals surface area contributed by atoms with Gasteiger partial charge in [0.05, 0.1) is 12.7 Å². The molecule has 0 bridgehead atoms. The van der Waals surface area contributed by atoms with Crippen molar-refractivity contribution in [1.29, 1.82) is 0 Å². The molecule has 10 heavy (non-hydrogen) atoms. The van der Waals surface area contributed by atoms with Gasteiger partial charge in [0.1, 0.15) is 0 Å². The van der Waals surface area contributed by atoms with Gasteiger partial charge in [-0.2, -0.15) is 0 Å². The summed E-state index contributed by atoms with van der Waals surface area (Å²) in [5.74, 6) is 0. The average molecular weight is 148 g/mol. The third kappa shape index (κ3) is 6.05. The molecule has 0 saturated carbocycles. The predicted octanol–water partition coefficient (Wildman–Crippen LogP) is 1.31. The maximum absolute atomic E-state index is 8.91. The standard InChI is InChI=1S/C8H18O2/c1-2-3-4-5-6-8(10)7-9/h8-10H,2-7H2,1H3/i9+2. The van der Waals surface area contributed by atoms with Crippen LogP contribution in [0.5, 0.6) is 0 Å². The maximum Gasteiger partial charge on any atom is 0.0770 e. The number of aliphatic hydroxyl groups excluding tert-OH is 2. The molecule has 0 heterocycles. The smallest absolute Gasteiger partial charge is 0.0770 e. The van der Waals surface area contributed by atoms with Crippen LogP contribution in [0.25, 0.3) is 0 Å². The van der Waals surface area contributed by atoms with Crippen LogP contribution in [0.1, 0.15) is 39.0 Å². The quantitative estimate of drug-likeness (QED) is 0.440. The second-order valence-corrected chi connectivity index (χ2v) is 2.69. The van der Waals surface area contributed by atoms with Crippen LogP contribution in [-0.2, 0) is 0 Å². The Hall–Kier alpha value is -0.0800. The minimum Gasteiger partial charge on any atom is -0.394 e. The van der Waals surface area contributed by atoms with Crippen LogP contribution in [-0.4, -0.2) is 22.9 Å². The first-order chi connectivity index (χ1) is 4.81. The first kappa shape index (κ1) is 9.92. The molecule has 2 heteroatoms. The fourth-order valence-corrected chi connectivity index (χ4v) is 0.898. The summed E-state index contributed by atoms with van der Waals surface area (Å²) in [5.41, 5.74) is 0. The predicted molar refractivity (Wildman–Crippen MR) is 41.9 cm³/mol. The molecule has 0 saturated heterocycles. The Balaban J connectivity index is 2.89. The summed E-state index contributed by atoms with van der Waals surface area (Å²) in [6.07, 6.45) is 4.92. The lowest BCUT2D eigenvalue weighted by atomic mass is 10.1. The minimum atomic E-state index is -0.489. The van der Waals surface area contributed by atoms with Crippen molar-refractivity contribution in [3.63, 3.8) is 0 Å². The average Bonchev–Trinajstić information content (AvgIpc) is 1.98. The van der Waals surface area contributed by atoms with Gasteiger partial charge in [-0.25, -0.2) is 0 Å². The molecule has 0 spiro atoms. The van der Waals surface area contributed by atoms with Crippen molar-refractivity contribution < 1.29 is 10.2 Å². The van der Waals surface area contributed by atoms with Crippen LogP contribution in [0.15, 0.2) is 0 Å². The Morgan fingerprint density at radius 2 is 2.00 bits per heavy atom. The molecule has 0 amide bonds. The Bertz CT molecular complexity index is 64.3. The van der Waals surface area contributed by atoms with Crippen molar-refractivity contribution in [2.24, 2.45) is 0 Å². The Labute approximate surface area is 62.9 Å². The summed E-state index contributed by atoms with van der Waals surface area (Å²) >= 11 is 0. The molecule has 0 aliphatic carbocycles. The van der Waals surface area contributed by atoms with Crippen LogP contribution in [0.2, 0.25) is 0 Å². The Morgan fingerprint density at radius 3 is 2.50 bits per heavy atom. The molecular formula is C8H18O2. The van der Waals surface area contributed by atoms with E-state index >= 15 is 0 Å². The molecule has 0 radical (unpaired) electrons. The van der Waals surface area contributed by atoms with E-state index in [0.717, 1.165) is 12.8 Å². The number of rotatable bonds is 6. The van der Waals surface area contributed by atoms with Crippen molar-refractivity contribution >= 4 is 0 Å². The van der Waals surface area contributed by atoms with Gasteiger partial charge in [0.25, 0.3) is 0 Å². The number of unbranched alkanes of at least 4 members (excludes halogenated alkanes) is 3. The molecule has 0 aliphatic rings. The highest BCUT2D eigenvalue weighted by molar-refractivity contribution is 4.52. The monoisotopic (exact) mass is 148 g/mol. The largest absolute Gasteiger partial charge is 0.394 e. The van der Waals surface area contributed by atoms with E-state index in [0.29, 0.717) is 0 Å². The van der Waals surface area contributed by atoms with Crippen molar-refractivity contribution in [2.45, 2.75) is 45.1 Å².